The van der Waals surface area contributed by atoms with Gasteiger partial charge in [-0.3, -0.25) is 10.1 Å². The minimum Gasteiger partial charge on any atom is -0.262 e. The average molecular weight is 332 g/mol. The number of sulfonamides is 1. The van der Waals surface area contributed by atoms with E-state index in [-0.39, 0.29) is 11.4 Å². The standard InChI is InChI=1S/C9H10BrN5O2S/c1-15(5-9-12-6-13-14-9)18(16,17)8-2-7(10)3-11-4-8/h2-4,6H,5H2,1H3,(H,12,13,14). The van der Waals surface area contributed by atoms with Crippen LogP contribution in [0.1, 0.15) is 5.82 Å². The van der Waals surface area contributed by atoms with Crippen LogP contribution in [0, 0.1) is 0 Å². The fourth-order valence-corrected chi connectivity index (χ4v) is 2.95. The molecule has 0 aliphatic heterocycles. The zero-order valence-electron chi connectivity index (χ0n) is 9.41. The third-order valence-corrected chi connectivity index (χ3v) is 4.43. The minimum absolute atomic E-state index is 0.120. The van der Waals surface area contributed by atoms with Crippen LogP contribution in [0.15, 0.2) is 34.2 Å². The molecule has 0 spiro atoms. The van der Waals surface area contributed by atoms with Gasteiger partial charge in [0.15, 0.2) is 0 Å². The van der Waals surface area contributed by atoms with Crippen LogP contribution >= 0.6 is 15.9 Å². The summed E-state index contributed by atoms with van der Waals surface area (Å²) in [5.41, 5.74) is 0. The van der Waals surface area contributed by atoms with Crippen LogP contribution in [0.5, 0.6) is 0 Å². The maximum Gasteiger partial charge on any atom is 0.244 e. The van der Waals surface area contributed by atoms with Crippen molar-refractivity contribution in [1.82, 2.24) is 24.5 Å². The van der Waals surface area contributed by atoms with Crippen molar-refractivity contribution in [2.24, 2.45) is 0 Å². The number of halogens is 1. The molecule has 96 valence electrons. The van der Waals surface area contributed by atoms with Gasteiger partial charge in [-0.25, -0.2) is 13.4 Å². The SMILES string of the molecule is CN(Cc1ncn[nH]1)S(=O)(=O)c1cncc(Br)c1. The van der Waals surface area contributed by atoms with E-state index in [1.807, 2.05) is 0 Å². The highest BCUT2D eigenvalue weighted by atomic mass is 79.9. The minimum atomic E-state index is -3.58. The smallest absolute Gasteiger partial charge is 0.244 e. The number of aromatic amines is 1. The lowest BCUT2D eigenvalue weighted by molar-refractivity contribution is 0.457. The molecule has 0 unspecified atom stereocenters. The Morgan fingerprint density at radius 3 is 2.83 bits per heavy atom. The molecule has 0 aliphatic carbocycles. The molecule has 2 rings (SSSR count). The van der Waals surface area contributed by atoms with Gasteiger partial charge in [-0.05, 0) is 22.0 Å². The topological polar surface area (TPSA) is 91.8 Å². The second kappa shape index (κ2) is 5.12. The quantitative estimate of drug-likeness (QED) is 0.893. The van der Waals surface area contributed by atoms with E-state index >= 15 is 0 Å². The summed E-state index contributed by atoms with van der Waals surface area (Å²) in [6, 6.07) is 1.50. The summed E-state index contributed by atoms with van der Waals surface area (Å²) in [7, 11) is -2.11. The van der Waals surface area contributed by atoms with E-state index in [9.17, 15) is 8.42 Å². The third-order valence-electron chi connectivity index (χ3n) is 2.23. The van der Waals surface area contributed by atoms with Crippen molar-refractivity contribution in [3.63, 3.8) is 0 Å². The van der Waals surface area contributed by atoms with Gasteiger partial charge in [0.25, 0.3) is 0 Å². The molecule has 9 heteroatoms. The van der Waals surface area contributed by atoms with Gasteiger partial charge in [0, 0.05) is 23.9 Å². The lowest BCUT2D eigenvalue weighted by Crippen LogP contribution is -2.27. The van der Waals surface area contributed by atoms with E-state index in [0.717, 1.165) is 0 Å². The first kappa shape index (κ1) is 13.1. The molecule has 0 saturated heterocycles. The first-order valence-corrected chi connectivity index (χ1v) is 7.14. The molecule has 2 heterocycles. The number of nitrogens with one attached hydrogen (secondary N) is 1. The van der Waals surface area contributed by atoms with Crippen LogP contribution < -0.4 is 0 Å². The van der Waals surface area contributed by atoms with Gasteiger partial charge in [0.1, 0.15) is 17.0 Å². The van der Waals surface area contributed by atoms with Gasteiger partial charge < -0.3 is 0 Å². The highest BCUT2D eigenvalue weighted by molar-refractivity contribution is 9.10. The Labute approximate surface area is 112 Å². The highest BCUT2D eigenvalue weighted by Crippen LogP contribution is 2.18. The molecule has 0 radical (unpaired) electrons. The summed E-state index contributed by atoms with van der Waals surface area (Å²) < 4.78 is 26.2. The van der Waals surface area contributed by atoms with Crippen LogP contribution in [0.3, 0.4) is 0 Å². The number of hydrogen-bond acceptors (Lipinski definition) is 5. The number of pyridine rings is 1. The Hall–Kier alpha value is -1.32. The van der Waals surface area contributed by atoms with Gasteiger partial charge in [-0.2, -0.15) is 9.40 Å². The number of H-pyrrole nitrogens is 1. The predicted octanol–water partition coefficient (Wildman–Crippen LogP) is 0.783. The Kier molecular flexibility index (Phi) is 3.73. The van der Waals surface area contributed by atoms with E-state index in [4.69, 9.17) is 0 Å². The maximum absolute atomic E-state index is 12.2. The molecular formula is C9H10BrN5O2S. The summed E-state index contributed by atoms with van der Waals surface area (Å²) in [4.78, 5) is 7.85. The van der Waals surface area contributed by atoms with E-state index in [2.05, 4.69) is 36.1 Å². The van der Waals surface area contributed by atoms with E-state index in [1.54, 1.807) is 0 Å². The molecular weight excluding hydrogens is 322 g/mol. The molecule has 0 atom stereocenters. The van der Waals surface area contributed by atoms with Gasteiger partial charge in [-0.15, -0.1) is 0 Å². The van der Waals surface area contributed by atoms with Crippen molar-refractivity contribution in [2.45, 2.75) is 11.4 Å². The van der Waals surface area contributed by atoms with Crippen LogP contribution in [-0.2, 0) is 16.6 Å². The summed E-state index contributed by atoms with van der Waals surface area (Å²) in [6.45, 7) is 0.120. The summed E-state index contributed by atoms with van der Waals surface area (Å²) in [6.07, 6.45) is 4.16. The van der Waals surface area contributed by atoms with Crippen LogP contribution in [0.4, 0.5) is 0 Å². The fourth-order valence-electron chi connectivity index (χ4n) is 1.32. The zero-order valence-corrected chi connectivity index (χ0v) is 11.8. The number of hydrogen-bond donors (Lipinski definition) is 1. The molecule has 18 heavy (non-hydrogen) atoms. The van der Waals surface area contributed by atoms with Crippen molar-refractivity contribution in [1.29, 1.82) is 0 Å². The summed E-state index contributed by atoms with van der Waals surface area (Å²) in [5, 5.41) is 6.28. The number of nitrogens with zero attached hydrogens (tertiary/aromatic N) is 4. The van der Waals surface area contributed by atoms with Crippen LogP contribution in [-0.4, -0.2) is 39.9 Å². The van der Waals surface area contributed by atoms with Gasteiger partial charge in [0.2, 0.25) is 10.0 Å². The van der Waals surface area contributed by atoms with Crippen molar-refractivity contribution in [3.05, 3.63) is 35.1 Å². The number of rotatable bonds is 4. The van der Waals surface area contributed by atoms with Crippen molar-refractivity contribution in [2.75, 3.05) is 7.05 Å². The zero-order chi connectivity index (χ0) is 13.2. The molecule has 2 aromatic rings. The molecule has 7 nitrogen and oxygen atoms in total. The van der Waals surface area contributed by atoms with Crippen molar-refractivity contribution >= 4 is 26.0 Å². The molecule has 2 aromatic heterocycles. The number of aromatic nitrogens is 4. The van der Waals surface area contributed by atoms with E-state index < -0.39 is 10.0 Å². The Morgan fingerprint density at radius 1 is 1.44 bits per heavy atom. The summed E-state index contributed by atoms with van der Waals surface area (Å²) in [5.74, 6) is 0.476. The average Bonchev–Trinajstić information content (AvgIpc) is 2.81. The third kappa shape index (κ3) is 2.74. The largest absolute Gasteiger partial charge is 0.262 e. The molecule has 0 aromatic carbocycles. The van der Waals surface area contributed by atoms with Crippen molar-refractivity contribution < 1.29 is 8.42 Å². The summed E-state index contributed by atoms with van der Waals surface area (Å²) >= 11 is 3.19. The molecule has 0 aliphatic rings. The molecule has 0 bridgehead atoms. The lowest BCUT2D eigenvalue weighted by atomic mass is 10.5. The molecule has 0 amide bonds. The second-order valence-electron chi connectivity index (χ2n) is 3.53. The van der Waals surface area contributed by atoms with Crippen LogP contribution in [0.2, 0.25) is 0 Å². The van der Waals surface area contributed by atoms with Crippen molar-refractivity contribution in [3.8, 4) is 0 Å². The van der Waals surface area contributed by atoms with Gasteiger partial charge in [0.05, 0.1) is 6.54 Å². The predicted molar refractivity (Wildman–Crippen MR) is 67.0 cm³/mol. The second-order valence-corrected chi connectivity index (χ2v) is 6.49. The van der Waals surface area contributed by atoms with Gasteiger partial charge in [-0.1, -0.05) is 0 Å². The Morgan fingerprint density at radius 2 is 2.22 bits per heavy atom. The maximum atomic E-state index is 12.2. The monoisotopic (exact) mass is 331 g/mol. The first-order chi connectivity index (χ1) is 8.50. The molecule has 0 saturated carbocycles. The van der Waals surface area contributed by atoms with E-state index in [0.29, 0.717) is 10.3 Å². The molecule has 1 N–H and O–H groups in total. The van der Waals surface area contributed by atoms with E-state index in [1.165, 1.54) is 36.1 Å². The normalized spacial score (nSPS) is 11.9. The van der Waals surface area contributed by atoms with Gasteiger partial charge >= 0.3 is 0 Å². The molecule has 0 fully saturated rings. The highest BCUT2D eigenvalue weighted by Gasteiger charge is 2.22. The first-order valence-electron chi connectivity index (χ1n) is 4.91. The fraction of sp³-hybridized carbons (Fsp3) is 0.222. The lowest BCUT2D eigenvalue weighted by Gasteiger charge is -2.15. The van der Waals surface area contributed by atoms with Crippen LogP contribution in [0.25, 0.3) is 0 Å². The Balaban J connectivity index is 2.25. The Bertz CT molecular complexity index is 628.